The number of hydrogen-bond acceptors (Lipinski definition) is 4. The van der Waals surface area contributed by atoms with Crippen LogP contribution in [0.2, 0.25) is 0 Å². The molecular formula is C13H27N3O3. The molecule has 0 saturated heterocycles. The molecule has 112 valence electrons. The second-order valence-electron chi connectivity index (χ2n) is 5.42. The molecular weight excluding hydrogens is 246 g/mol. The Balaban J connectivity index is 5.00. The molecule has 0 saturated carbocycles. The van der Waals surface area contributed by atoms with Gasteiger partial charge >= 0.3 is 0 Å². The molecule has 19 heavy (non-hydrogen) atoms. The summed E-state index contributed by atoms with van der Waals surface area (Å²) in [5.41, 5.74) is 5.64. The molecule has 0 rings (SSSR count). The van der Waals surface area contributed by atoms with Gasteiger partial charge in [0.25, 0.3) is 0 Å². The average Bonchev–Trinajstić information content (AvgIpc) is 2.33. The van der Waals surface area contributed by atoms with Crippen LogP contribution < -0.4 is 5.73 Å². The molecule has 6 nitrogen and oxygen atoms in total. The number of methoxy groups -OCH3 is 1. The summed E-state index contributed by atoms with van der Waals surface area (Å²) in [7, 11) is 1.60. The van der Waals surface area contributed by atoms with Crippen molar-refractivity contribution < 1.29 is 14.7 Å². The van der Waals surface area contributed by atoms with Crippen molar-refractivity contribution in [3.8, 4) is 0 Å². The predicted octanol–water partition coefficient (Wildman–Crippen LogP) is 1.14. The van der Waals surface area contributed by atoms with Gasteiger partial charge in [-0.15, -0.1) is 0 Å². The monoisotopic (exact) mass is 273 g/mol. The Kier molecular flexibility index (Phi) is 8.14. The van der Waals surface area contributed by atoms with Gasteiger partial charge in [0.15, 0.2) is 5.84 Å². The van der Waals surface area contributed by atoms with Crippen LogP contribution in [0, 0.1) is 17.8 Å². The summed E-state index contributed by atoms with van der Waals surface area (Å²) in [6, 6.07) is 0. The van der Waals surface area contributed by atoms with Crippen LogP contribution in [0.5, 0.6) is 0 Å². The number of hydrogen-bond donors (Lipinski definition) is 2. The van der Waals surface area contributed by atoms with E-state index in [4.69, 9.17) is 15.7 Å². The minimum atomic E-state index is -0.597. The van der Waals surface area contributed by atoms with Gasteiger partial charge in [-0.3, -0.25) is 4.79 Å². The summed E-state index contributed by atoms with van der Waals surface area (Å²) in [4.78, 5) is 14.2. The van der Waals surface area contributed by atoms with Gasteiger partial charge in [0.05, 0.1) is 6.61 Å². The fourth-order valence-corrected chi connectivity index (χ4v) is 1.95. The highest BCUT2D eigenvalue weighted by molar-refractivity contribution is 6.02. The van der Waals surface area contributed by atoms with Crippen LogP contribution in [-0.4, -0.2) is 48.7 Å². The summed E-state index contributed by atoms with van der Waals surface area (Å²) in [5.74, 6) is -0.427. The molecule has 0 spiro atoms. The number of carbonyl (C=O) groups excluding carboxylic acids is 1. The molecule has 6 heteroatoms. The first kappa shape index (κ1) is 17.7. The standard InChI is InChI=1S/C13H27N3O3/c1-9(2)8-16(6-7-19-5)13(17)11(10(3)4)12(14)15-18/h9-11,18H,6-8H2,1-5H3,(H2,14,15). The van der Waals surface area contributed by atoms with Crippen molar-refractivity contribution >= 4 is 11.7 Å². The fourth-order valence-electron chi connectivity index (χ4n) is 1.95. The highest BCUT2D eigenvalue weighted by atomic mass is 16.5. The van der Waals surface area contributed by atoms with Crippen LogP contribution in [0.25, 0.3) is 0 Å². The van der Waals surface area contributed by atoms with Crippen LogP contribution in [0.3, 0.4) is 0 Å². The van der Waals surface area contributed by atoms with Gasteiger partial charge in [0.1, 0.15) is 5.92 Å². The number of nitrogens with zero attached hydrogens (tertiary/aromatic N) is 2. The van der Waals surface area contributed by atoms with Crippen molar-refractivity contribution in [3.05, 3.63) is 0 Å². The van der Waals surface area contributed by atoms with E-state index in [9.17, 15) is 4.79 Å². The van der Waals surface area contributed by atoms with E-state index < -0.39 is 5.92 Å². The lowest BCUT2D eigenvalue weighted by molar-refractivity contribution is -0.135. The van der Waals surface area contributed by atoms with E-state index in [0.717, 1.165) is 0 Å². The summed E-state index contributed by atoms with van der Waals surface area (Å²) in [6.07, 6.45) is 0. The number of ether oxygens (including phenoxy) is 1. The number of amides is 1. The van der Waals surface area contributed by atoms with E-state index in [-0.39, 0.29) is 17.7 Å². The summed E-state index contributed by atoms with van der Waals surface area (Å²) < 4.78 is 5.03. The average molecular weight is 273 g/mol. The van der Waals surface area contributed by atoms with E-state index in [2.05, 4.69) is 5.16 Å². The molecule has 0 aliphatic carbocycles. The highest BCUT2D eigenvalue weighted by Crippen LogP contribution is 2.16. The third-order valence-electron chi connectivity index (χ3n) is 2.83. The Bertz CT molecular complexity index is 304. The van der Waals surface area contributed by atoms with Gasteiger partial charge in [0.2, 0.25) is 5.91 Å². The lowest BCUT2D eigenvalue weighted by Gasteiger charge is -2.29. The largest absolute Gasteiger partial charge is 0.409 e. The summed E-state index contributed by atoms with van der Waals surface area (Å²) >= 11 is 0. The smallest absolute Gasteiger partial charge is 0.233 e. The first-order valence-corrected chi connectivity index (χ1v) is 6.60. The van der Waals surface area contributed by atoms with Crippen molar-refractivity contribution in [1.82, 2.24) is 4.90 Å². The van der Waals surface area contributed by atoms with Crippen LogP contribution in [0.15, 0.2) is 5.16 Å². The van der Waals surface area contributed by atoms with E-state index in [0.29, 0.717) is 25.6 Å². The zero-order valence-corrected chi connectivity index (χ0v) is 12.6. The lowest BCUT2D eigenvalue weighted by Crippen LogP contribution is -2.46. The van der Waals surface area contributed by atoms with Crippen molar-refractivity contribution in [2.24, 2.45) is 28.6 Å². The van der Waals surface area contributed by atoms with Gasteiger partial charge in [0, 0.05) is 20.2 Å². The maximum absolute atomic E-state index is 12.5. The van der Waals surface area contributed by atoms with E-state index in [1.165, 1.54) is 0 Å². The first-order valence-electron chi connectivity index (χ1n) is 6.60. The SMILES string of the molecule is COCCN(CC(C)C)C(=O)C(C(N)=NO)C(C)C. The minimum Gasteiger partial charge on any atom is -0.409 e. The quantitative estimate of drug-likeness (QED) is 0.300. The van der Waals surface area contributed by atoms with Crippen LogP contribution >= 0.6 is 0 Å². The number of rotatable bonds is 8. The van der Waals surface area contributed by atoms with Crippen LogP contribution in [0.4, 0.5) is 0 Å². The van der Waals surface area contributed by atoms with Crippen molar-refractivity contribution in [2.45, 2.75) is 27.7 Å². The molecule has 1 unspecified atom stereocenters. The Labute approximate surface area is 115 Å². The van der Waals surface area contributed by atoms with Crippen molar-refractivity contribution in [3.63, 3.8) is 0 Å². The maximum Gasteiger partial charge on any atom is 0.233 e. The number of nitrogens with two attached hydrogens (primary N) is 1. The summed E-state index contributed by atoms with van der Waals surface area (Å²) in [6.45, 7) is 9.45. The fraction of sp³-hybridized carbons (Fsp3) is 0.846. The van der Waals surface area contributed by atoms with Gasteiger partial charge in [-0.1, -0.05) is 32.9 Å². The molecule has 0 aliphatic rings. The van der Waals surface area contributed by atoms with E-state index in [1.54, 1.807) is 12.0 Å². The molecule has 1 amide bonds. The maximum atomic E-state index is 12.5. The predicted molar refractivity (Wildman–Crippen MR) is 75.0 cm³/mol. The van der Waals surface area contributed by atoms with E-state index >= 15 is 0 Å². The Morgan fingerprint density at radius 2 is 1.95 bits per heavy atom. The van der Waals surface area contributed by atoms with Gasteiger partial charge < -0.3 is 20.6 Å². The molecule has 3 N–H and O–H groups in total. The Morgan fingerprint density at radius 1 is 1.37 bits per heavy atom. The zero-order valence-electron chi connectivity index (χ0n) is 12.6. The molecule has 0 fully saturated rings. The second-order valence-corrected chi connectivity index (χ2v) is 5.42. The van der Waals surface area contributed by atoms with Crippen molar-refractivity contribution in [2.75, 3.05) is 26.8 Å². The lowest BCUT2D eigenvalue weighted by atomic mass is 9.93. The molecule has 0 radical (unpaired) electrons. The van der Waals surface area contributed by atoms with Gasteiger partial charge in [-0.2, -0.15) is 0 Å². The zero-order chi connectivity index (χ0) is 15.0. The molecule has 1 atom stereocenters. The second kappa shape index (κ2) is 8.74. The third-order valence-corrected chi connectivity index (χ3v) is 2.83. The van der Waals surface area contributed by atoms with Crippen molar-refractivity contribution in [1.29, 1.82) is 0 Å². The highest BCUT2D eigenvalue weighted by Gasteiger charge is 2.30. The normalized spacial score (nSPS) is 13.9. The number of amidine groups is 1. The molecule has 0 aromatic rings. The third kappa shape index (κ3) is 5.92. The Morgan fingerprint density at radius 3 is 2.32 bits per heavy atom. The molecule has 0 aromatic carbocycles. The minimum absolute atomic E-state index is 0.0272. The number of oxime groups is 1. The molecule has 0 heterocycles. The van der Waals surface area contributed by atoms with E-state index in [1.807, 2.05) is 27.7 Å². The van der Waals surface area contributed by atoms with Gasteiger partial charge in [-0.05, 0) is 11.8 Å². The Hall–Kier alpha value is -1.30. The molecule has 0 aliphatic heterocycles. The van der Waals surface area contributed by atoms with Crippen LogP contribution in [-0.2, 0) is 9.53 Å². The topological polar surface area (TPSA) is 88.2 Å². The van der Waals surface area contributed by atoms with Crippen LogP contribution in [0.1, 0.15) is 27.7 Å². The first-order chi connectivity index (χ1) is 8.84. The van der Waals surface area contributed by atoms with Gasteiger partial charge in [-0.25, -0.2) is 0 Å². The summed E-state index contributed by atoms with van der Waals surface area (Å²) in [5, 5.41) is 11.8. The molecule has 0 aromatic heterocycles. The number of carbonyl (C=O) groups is 1. The molecule has 0 bridgehead atoms.